The summed E-state index contributed by atoms with van der Waals surface area (Å²) < 4.78 is 5.27. The van der Waals surface area contributed by atoms with E-state index in [0.717, 1.165) is 51.5 Å². The van der Waals surface area contributed by atoms with E-state index < -0.39 is 0 Å². The van der Waals surface area contributed by atoms with Gasteiger partial charge in [-0.3, -0.25) is 14.8 Å². The van der Waals surface area contributed by atoms with E-state index in [2.05, 4.69) is 32.3 Å². The third-order valence-corrected chi connectivity index (χ3v) is 3.04. The lowest BCUT2D eigenvalue weighted by atomic mass is 10.3. The highest BCUT2D eigenvalue weighted by Crippen LogP contribution is 1.97. The molecule has 1 aliphatic rings. The number of nitrogens with zero attached hydrogens (tertiary/aromatic N) is 3. The Kier molecular flexibility index (Phi) is 5.29. The van der Waals surface area contributed by atoms with Crippen molar-refractivity contribution < 1.29 is 9.53 Å². The number of hydrogen-bond donors (Lipinski definition) is 2. The van der Waals surface area contributed by atoms with Gasteiger partial charge in [-0.1, -0.05) is 6.92 Å². The molecule has 2 heterocycles. The summed E-state index contributed by atoms with van der Waals surface area (Å²) in [5.41, 5.74) is 0. The van der Waals surface area contributed by atoms with Crippen LogP contribution in [0.25, 0.3) is 0 Å². The van der Waals surface area contributed by atoms with Gasteiger partial charge in [-0.25, -0.2) is 4.98 Å². The quantitative estimate of drug-likeness (QED) is 0.747. The molecule has 0 radical (unpaired) electrons. The average Bonchev–Trinajstić information content (AvgIpc) is 2.89. The van der Waals surface area contributed by atoms with Crippen LogP contribution in [-0.4, -0.2) is 65.4 Å². The van der Waals surface area contributed by atoms with Crippen molar-refractivity contribution in [3.8, 4) is 0 Å². The van der Waals surface area contributed by atoms with E-state index >= 15 is 0 Å². The highest BCUT2D eigenvalue weighted by molar-refractivity contribution is 5.90. The number of aryl methyl sites for hydroxylation is 1. The average molecular weight is 267 g/mol. The van der Waals surface area contributed by atoms with Crippen LogP contribution in [0.4, 0.5) is 0 Å². The smallest absolute Gasteiger partial charge is 0.291 e. The van der Waals surface area contributed by atoms with E-state index in [1.165, 1.54) is 0 Å². The fourth-order valence-electron chi connectivity index (χ4n) is 1.98. The molecule has 1 aliphatic heterocycles. The highest BCUT2D eigenvalue weighted by Gasteiger charge is 2.13. The van der Waals surface area contributed by atoms with Crippen molar-refractivity contribution in [2.24, 2.45) is 0 Å². The molecule has 1 amide bonds. The van der Waals surface area contributed by atoms with Crippen molar-refractivity contribution in [1.82, 2.24) is 25.4 Å². The second-order valence-corrected chi connectivity index (χ2v) is 4.57. The van der Waals surface area contributed by atoms with Gasteiger partial charge >= 0.3 is 0 Å². The van der Waals surface area contributed by atoms with Crippen LogP contribution in [0.1, 0.15) is 29.8 Å². The van der Waals surface area contributed by atoms with Gasteiger partial charge in [-0.2, -0.15) is 0 Å². The normalized spacial score (nSPS) is 16.5. The minimum absolute atomic E-state index is 0.216. The van der Waals surface area contributed by atoms with Crippen LogP contribution in [0.3, 0.4) is 0 Å². The van der Waals surface area contributed by atoms with Crippen LogP contribution in [0.2, 0.25) is 0 Å². The molecular weight excluding hydrogens is 246 g/mol. The van der Waals surface area contributed by atoms with Crippen LogP contribution in [0.15, 0.2) is 0 Å². The molecule has 7 nitrogen and oxygen atoms in total. The summed E-state index contributed by atoms with van der Waals surface area (Å²) in [4.78, 5) is 18.2. The lowest BCUT2D eigenvalue weighted by molar-refractivity contribution is 0.0383. The molecule has 0 aromatic carbocycles. The first-order valence-electron chi connectivity index (χ1n) is 6.79. The number of H-pyrrole nitrogens is 1. The first-order chi connectivity index (χ1) is 9.29. The van der Waals surface area contributed by atoms with Gasteiger partial charge in [0.25, 0.3) is 5.91 Å². The van der Waals surface area contributed by atoms with E-state index in [-0.39, 0.29) is 11.7 Å². The standard InChI is InChI=1S/C12H21N5O2/c1-2-3-10-14-11(16-15-10)12(18)13-4-5-17-6-8-19-9-7-17/h2-9H2,1H3,(H,13,18)(H,14,15,16). The Morgan fingerprint density at radius 2 is 2.26 bits per heavy atom. The Bertz CT molecular complexity index is 401. The Hall–Kier alpha value is -1.47. The molecule has 19 heavy (non-hydrogen) atoms. The zero-order valence-corrected chi connectivity index (χ0v) is 11.3. The van der Waals surface area contributed by atoms with Crippen molar-refractivity contribution in [3.63, 3.8) is 0 Å². The second kappa shape index (κ2) is 7.20. The van der Waals surface area contributed by atoms with Gasteiger partial charge in [-0.05, 0) is 6.42 Å². The summed E-state index contributed by atoms with van der Waals surface area (Å²) in [7, 11) is 0. The van der Waals surface area contributed by atoms with Crippen molar-refractivity contribution in [3.05, 3.63) is 11.6 Å². The molecule has 0 aliphatic carbocycles. The van der Waals surface area contributed by atoms with Crippen LogP contribution in [0, 0.1) is 0 Å². The van der Waals surface area contributed by atoms with Gasteiger partial charge in [0, 0.05) is 32.6 Å². The topological polar surface area (TPSA) is 83.1 Å². The Morgan fingerprint density at radius 1 is 1.47 bits per heavy atom. The summed E-state index contributed by atoms with van der Waals surface area (Å²) in [5, 5.41) is 9.53. The molecule has 1 saturated heterocycles. The number of aromatic amines is 1. The third kappa shape index (κ3) is 4.29. The van der Waals surface area contributed by atoms with Crippen molar-refractivity contribution in [2.75, 3.05) is 39.4 Å². The summed E-state index contributed by atoms with van der Waals surface area (Å²) in [6, 6.07) is 0. The largest absolute Gasteiger partial charge is 0.379 e. The predicted molar refractivity (Wildman–Crippen MR) is 70.0 cm³/mol. The number of carbonyl (C=O) groups is 1. The van der Waals surface area contributed by atoms with Crippen LogP contribution in [-0.2, 0) is 11.2 Å². The molecule has 1 fully saturated rings. The molecule has 0 saturated carbocycles. The molecule has 1 aromatic heterocycles. The number of aromatic nitrogens is 3. The number of ether oxygens (including phenoxy) is 1. The fraction of sp³-hybridized carbons (Fsp3) is 0.750. The maximum absolute atomic E-state index is 11.8. The molecule has 2 rings (SSSR count). The van der Waals surface area contributed by atoms with E-state index in [0.29, 0.717) is 6.54 Å². The van der Waals surface area contributed by atoms with Crippen LogP contribution >= 0.6 is 0 Å². The van der Waals surface area contributed by atoms with Gasteiger partial charge in [-0.15, -0.1) is 5.10 Å². The monoisotopic (exact) mass is 267 g/mol. The summed E-state index contributed by atoms with van der Waals surface area (Å²) in [6.07, 6.45) is 1.79. The zero-order valence-electron chi connectivity index (χ0n) is 11.3. The van der Waals surface area contributed by atoms with Gasteiger partial charge in [0.15, 0.2) is 0 Å². The van der Waals surface area contributed by atoms with E-state index in [4.69, 9.17) is 4.74 Å². The number of morpholine rings is 1. The van der Waals surface area contributed by atoms with Crippen molar-refractivity contribution in [2.45, 2.75) is 19.8 Å². The molecule has 0 atom stereocenters. The summed E-state index contributed by atoms with van der Waals surface area (Å²) in [5.74, 6) is 0.776. The lowest BCUT2D eigenvalue weighted by Crippen LogP contribution is -2.41. The Labute approximate surface area is 112 Å². The maximum atomic E-state index is 11.8. The third-order valence-electron chi connectivity index (χ3n) is 3.04. The minimum atomic E-state index is -0.216. The number of hydrogen-bond acceptors (Lipinski definition) is 5. The molecule has 0 unspecified atom stereocenters. The molecule has 2 N–H and O–H groups in total. The molecule has 1 aromatic rings. The summed E-state index contributed by atoms with van der Waals surface area (Å²) >= 11 is 0. The fourth-order valence-corrected chi connectivity index (χ4v) is 1.98. The SMILES string of the molecule is CCCc1nc(C(=O)NCCN2CCOCC2)n[nH]1. The predicted octanol–water partition coefficient (Wildman–Crippen LogP) is -0.181. The van der Waals surface area contributed by atoms with E-state index in [1.807, 2.05) is 0 Å². The molecule has 0 bridgehead atoms. The van der Waals surface area contributed by atoms with Crippen molar-refractivity contribution in [1.29, 1.82) is 0 Å². The minimum Gasteiger partial charge on any atom is -0.379 e. The molecule has 0 spiro atoms. The van der Waals surface area contributed by atoms with Gasteiger partial charge < -0.3 is 10.1 Å². The molecular formula is C12H21N5O2. The van der Waals surface area contributed by atoms with Crippen LogP contribution < -0.4 is 5.32 Å². The molecule has 106 valence electrons. The van der Waals surface area contributed by atoms with Gasteiger partial charge in [0.05, 0.1) is 13.2 Å². The van der Waals surface area contributed by atoms with Gasteiger partial charge in [0.2, 0.25) is 5.82 Å². The molecule has 7 heteroatoms. The zero-order chi connectivity index (χ0) is 13.5. The maximum Gasteiger partial charge on any atom is 0.291 e. The highest BCUT2D eigenvalue weighted by atomic mass is 16.5. The number of rotatable bonds is 6. The number of nitrogens with one attached hydrogen (secondary N) is 2. The lowest BCUT2D eigenvalue weighted by Gasteiger charge is -2.26. The van der Waals surface area contributed by atoms with E-state index in [9.17, 15) is 4.79 Å². The van der Waals surface area contributed by atoms with Crippen LogP contribution in [0.5, 0.6) is 0 Å². The summed E-state index contributed by atoms with van der Waals surface area (Å²) in [6.45, 7) is 6.90. The van der Waals surface area contributed by atoms with Gasteiger partial charge in [0.1, 0.15) is 5.82 Å². The number of carbonyl (C=O) groups excluding carboxylic acids is 1. The Balaban J connectivity index is 1.70. The first-order valence-corrected chi connectivity index (χ1v) is 6.79. The van der Waals surface area contributed by atoms with E-state index in [1.54, 1.807) is 0 Å². The van der Waals surface area contributed by atoms with Crippen molar-refractivity contribution >= 4 is 5.91 Å². The number of amides is 1. The Morgan fingerprint density at radius 3 is 3.00 bits per heavy atom. The second-order valence-electron chi connectivity index (χ2n) is 4.57. The first kappa shape index (κ1) is 14.0.